The quantitative estimate of drug-likeness (QED) is 0.0804. The van der Waals surface area contributed by atoms with Gasteiger partial charge in [0.15, 0.2) is 0 Å². The molecule has 1 heterocycles. The van der Waals surface area contributed by atoms with Gasteiger partial charge in [-0.25, -0.2) is 0 Å². The zero-order valence-electron chi connectivity index (χ0n) is 28.4. The lowest BCUT2D eigenvalue weighted by atomic mass is 10.1. The zero-order valence-corrected chi connectivity index (χ0v) is 28.4. The summed E-state index contributed by atoms with van der Waals surface area (Å²) in [4.78, 5) is 10.5. The highest BCUT2D eigenvalue weighted by molar-refractivity contribution is 4.70. The summed E-state index contributed by atoms with van der Waals surface area (Å²) < 4.78 is 0. The van der Waals surface area contributed by atoms with Crippen molar-refractivity contribution in [3.8, 4) is 0 Å². The topological polar surface area (TPSA) is 13.0 Å². The van der Waals surface area contributed by atoms with Crippen LogP contribution in [0.2, 0.25) is 0 Å². The van der Waals surface area contributed by atoms with E-state index in [9.17, 15) is 0 Å². The van der Waals surface area contributed by atoms with E-state index in [4.69, 9.17) is 0 Å². The summed E-state index contributed by atoms with van der Waals surface area (Å²) in [6.07, 6.45) is 35.9. The summed E-state index contributed by atoms with van der Waals surface area (Å²) >= 11 is 0. The second kappa shape index (κ2) is 28.9. The van der Waals surface area contributed by atoms with Gasteiger partial charge < -0.3 is 4.90 Å². The minimum absolute atomic E-state index is 1.18. The minimum atomic E-state index is 1.18. The van der Waals surface area contributed by atoms with Crippen LogP contribution < -0.4 is 0 Å². The smallest absolute Gasteiger partial charge is 0.0530 e. The Hall–Kier alpha value is -0.160. The molecule has 0 unspecified atom stereocenters. The Morgan fingerprint density at radius 1 is 0.350 bits per heavy atom. The highest BCUT2D eigenvalue weighted by atomic mass is 15.5. The Kier molecular flexibility index (Phi) is 27.4. The van der Waals surface area contributed by atoms with E-state index in [1.165, 1.54) is 207 Å². The number of unbranched alkanes of at least 4 members (excludes halogenated alkanes) is 22. The van der Waals surface area contributed by atoms with Crippen LogP contribution in [-0.2, 0) is 0 Å². The number of hydrogen-bond donors (Lipinski definition) is 0. The summed E-state index contributed by atoms with van der Waals surface area (Å²) in [6.45, 7) is 13.2. The largest absolute Gasteiger partial charge is 0.309 e. The van der Waals surface area contributed by atoms with Crippen molar-refractivity contribution in [1.29, 1.82) is 0 Å². The lowest BCUT2D eigenvalue weighted by Crippen LogP contribution is -2.55. The van der Waals surface area contributed by atoms with Crippen LogP contribution in [0.5, 0.6) is 0 Å². The fourth-order valence-corrected chi connectivity index (χ4v) is 6.37. The molecular weight excluding hydrogens is 488 g/mol. The molecule has 0 atom stereocenters. The molecule has 1 aliphatic rings. The van der Waals surface area contributed by atoms with Gasteiger partial charge in [-0.15, -0.1) is 0 Å². The van der Waals surface area contributed by atoms with Gasteiger partial charge in [0.1, 0.15) is 0 Å². The molecule has 240 valence electrons. The van der Waals surface area contributed by atoms with Gasteiger partial charge in [-0.1, -0.05) is 155 Å². The van der Waals surface area contributed by atoms with Gasteiger partial charge in [0, 0.05) is 19.6 Å². The minimum Gasteiger partial charge on any atom is -0.309 e. The standard InChI is InChI=1S/C36H76N4/c1-5-7-9-11-13-15-17-19-21-23-25-27-31-38-34-39(36-40(35-38)33-29-30-37(3)4)32-28-26-24-22-20-18-16-14-12-10-8-6-2/h5-36H2,1-4H3. The summed E-state index contributed by atoms with van der Waals surface area (Å²) in [5.41, 5.74) is 0. The molecule has 0 aliphatic carbocycles. The Bertz CT molecular complexity index is 461. The van der Waals surface area contributed by atoms with Gasteiger partial charge in [-0.05, 0) is 39.9 Å². The Morgan fingerprint density at radius 3 is 0.875 bits per heavy atom. The first-order valence-corrected chi connectivity index (χ1v) is 18.5. The average Bonchev–Trinajstić information content (AvgIpc) is 2.94. The number of hydrogen-bond acceptors (Lipinski definition) is 4. The van der Waals surface area contributed by atoms with E-state index >= 15 is 0 Å². The van der Waals surface area contributed by atoms with Crippen LogP contribution in [0, 0.1) is 0 Å². The molecule has 1 saturated heterocycles. The highest BCUT2D eigenvalue weighted by Gasteiger charge is 2.22. The average molecular weight is 565 g/mol. The van der Waals surface area contributed by atoms with E-state index in [0.717, 1.165) is 0 Å². The fourth-order valence-electron chi connectivity index (χ4n) is 6.37. The van der Waals surface area contributed by atoms with Crippen molar-refractivity contribution in [3.63, 3.8) is 0 Å². The first-order chi connectivity index (χ1) is 19.7. The first-order valence-electron chi connectivity index (χ1n) is 18.5. The summed E-state index contributed by atoms with van der Waals surface area (Å²) in [5, 5.41) is 0. The van der Waals surface area contributed by atoms with E-state index in [-0.39, 0.29) is 0 Å². The lowest BCUT2D eigenvalue weighted by Gasteiger charge is -2.42. The molecule has 1 fully saturated rings. The van der Waals surface area contributed by atoms with Gasteiger partial charge in [0.05, 0.1) is 20.0 Å². The van der Waals surface area contributed by atoms with Gasteiger partial charge in [0.2, 0.25) is 0 Å². The second-order valence-electron chi connectivity index (χ2n) is 13.5. The molecule has 0 amide bonds. The molecular formula is C36H76N4. The maximum absolute atomic E-state index is 2.75. The SMILES string of the molecule is CCCCCCCCCCCCCCN1CN(CCCCCCCCCCCCCC)CN(CCCN(C)C)C1. The summed E-state index contributed by atoms with van der Waals surface area (Å²) in [6, 6.07) is 0. The molecule has 0 saturated carbocycles. The maximum atomic E-state index is 2.75. The highest BCUT2D eigenvalue weighted by Crippen LogP contribution is 2.16. The van der Waals surface area contributed by atoms with Gasteiger partial charge in [-0.2, -0.15) is 0 Å². The fraction of sp³-hybridized carbons (Fsp3) is 1.00. The Labute approximate surface area is 254 Å². The van der Waals surface area contributed by atoms with Crippen LogP contribution in [0.15, 0.2) is 0 Å². The number of nitrogens with zero attached hydrogens (tertiary/aromatic N) is 4. The Morgan fingerprint density at radius 2 is 0.600 bits per heavy atom. The molecule has 0 spiro atoms. The van der Waals surface area contributed by atoms with Crippen LogP contribution in [0.3, 0.4) is 0 Å². The van der Waals surface area contributed by atoms with E-state index in [1.807, 2.05) is 0 Å². The molecule has 1 rings (SSSR count). The second-order valence-corrected chi connectivity index (χ2v) is 13.5. The number of rotatable bonds is 30. The van der Waals surface area contributed by atoms with Crippen LogP contribution in [-0.4, -0.2) is 79.9 Å². The molecule has 0 aromatic rings. The normalized spacial score (nSPS) is 15.5. The molecule has 1 aliphatic heterocycles. The van der Waals surface area contributed by atoms with Gasteiger partial charge >= 0.3 is 0 Å². The molecule has 0 radical (unpaired) electrons. The molecule has 4 heteroatoms. The molecule has 0 aromatic carbocycles. The van der Waals surface area contributed by atoms with Gasteiger partial charge in [0.25, 0.3) is 0 Å². The Balaban J connectivity index is 2.14. The van der Waals surface area contributed by atoms with Crippen LogP contribution in [0.25, 0.3) is 0 Å². The van der Waals surface area contributed by atoms with Crippen molar-refractivity contribution < 1.29 is 0 Å². The zero-order chi connectivity index (χ0) is 28.9. The van der Waals surface area contributed by atoms with E-state index < -0.39 is 0 Å². The maximum Gasteiger partial charge on any atom is 0.0530 e. The third-order valence-electron chi connectivity index (χ3n) is 8.94. The first kappa shape index (κ1) is 37.9. The van der Waals surface area contributed by atoms with Crippen molar-refractivity contribution in [1.82, 2.24) is 19.6 Å². The van der Waals surface area contributed by atoms with Crippen molar-refractivity contribution >= 4 is 0 Å². The molecule has 0 aromatic heterocycles. The molecule has 0 N–H and O–H groups in total. The third kappa shape index (κ3) is 24.4. The predicted molar refractivity (Wildman–Crippen MR) is 180 cm³/mol. The lowest BCUT2D eigenvalue weighted by molar-refractivity contribution is -0.0314. The molecule has 0 bridgehead atoms. The van der Waals surface area contributed by atoms with Gasteiger partial charge in [-0.3, -0.25) is 14.7 Å². The van der Waals surface area contributed by atoms with Crippen molar-refractivity contribution in [2.45, 2.75) is 174 Å². The van der Waals surface area contributed by atoms with Crippen LogP contribution >= 0.6 is 0 Å². The van der Waals surface area contributed by atoms with Crippen LogP contribution in [0.1, 0.15) is 174 Å². The molecule has 40 heavy (non-hydrogen) atoms. The van der Waals surface area contributed by atoms with Crippen molar-refractivity contribution in [3.05, 3.63) is 0 Å². The van der Waals surface area contributed by atoms with Crippen LogP contribution in [0.4, 0.5) is 0 Å². The molecule has 4 nitrogen and oxygen atoms in total. The van der Waals surface area contributed by atoms with Crippen molar-refractivity contribution in [2.24, 2.45) is 0 Å². The van der Waals surface area contributed by atoms with E-state index in [0.29, 0.717) is 0 Å². The third-order valence-corrected chi connectivity index (χ3v) is 8.94. The van der Waals surface area contributed by atoms with E-state index in [1.54, 1.807) is 0 Å². The van der Waals surface area contributed by atoms with Crippen molar-refractivity contribution in [2.75, 3.05) is 60.3 Å². The summed E-state index contributed by atoms with van der Waals surface area (Å²) in [5.74, 6) is 0. The monoisotopic (exact) mass is 565 g/mol. The van der Waals surface area contributed by atoms with E-state index in [2.05, 4.69) is 47.5 Å². The predicted octanol–water partition coefficient (Wildman–Crippen LogP) is 10.1. The summed E-state index contributed by atoms with van der Waals surface area (Å²) in [7, 11) is 4.41.